The Morgan fingerprint density at radius 3 is 2.60 bits per heavy atom. The predicted molar refractivity (Wildman–Crippen MR) is 97.9 cm³/mol. The number of aryl methyl sites for hydroxylation is 2. The van der Waals surface area contributed by atoms with Crippen molar-refractivity contribution in [2.45, 2.75) is 26.7 Å². The van der Waals surface area contributed by atoms with E-state index in [1.165, 1.54) is 0 Å². The monoisotopic (exact) mass is 360 g/mol. The van der Waals surface area contributed by atoms with Gasteiger partial charge in [0.05, 0.1) is 12.8 Å². The Balaban J connectivity index is 1.91. The lowest BCUT2D eigenvalue weighted by Crippen LogP contribution is -2.28. The normalized spacial score (nSPS) is 13.8. The highest BCUT2D eigenvalue weighted by atomic mass is 35.5. The largest absolute Gasteiger partial charge is 0.495 e. The molecule has 1 aromatic heterocycles. The number of ether oxygens (including phenoxy) is 1. The number of anilines is 2. The first-order valence-corrected chi connectivity index (χ1v) is 8.62. The number of benzene rings is 1. The van der Waals surface area contributed by atoms with Crippen molar-refractivity contribution in [3.8, 4) is 5.75 Å². The number of halogens is 1. The number of nitrogens with zero attached hydrogens (tertiary/aromatic N) is 3. The molecule has 2 heterocycles. The van der Waals surface area contributed by atoms with E-state index in [9.17, 15) is 4.79 Å². The van der Waals surface area contributed by atoms with E-state index in [0.717, 1.165) is 37.2 Å². The molecule has 0 radical (unpaired) electrons. The maximum Gasteiger partial charge on any atom is 0.272 e. The SMILES string of the molecule is COc1cc(Cl)c(C)cc1Nc1cc(C(=O)N2CCCC2)nc(C)n1. The number of hydrogen-bond donors (Lipinski definition) is 1. The minimum Gasteiger partial charge on any atom is -0.495 e. The second-order valence-corrected chi connectivity index (χ2v) is 6.52. The van der Waals surface area contributed by atoms with E-state index in [0.29, 0.717) is 28.1 Å². The van der Waals surface area contributed by atoms with Gasteiger partial charge < -0.3 is 15.0 Å². The van der Waals surface area contributed by atoms with Crippen LogP contribution >= 0.6 is 11.6 Å². The van der Waals surface area contributed by atoms with E-state index in [-0.39, 0.29) is 5.91 Å². The molecule has 0 unspecified atom stereocenters. The molecular weight excluding hydrogens is 340 g/mol. The van der Waals surface area contributed by atoms with Crippen LogP contribution in [0.4, 0.5) is 11.5 Å². The molecule has 0 saturated carbocycles. The van der Waals surface area contributed by atoms with Gasteiger partial charge in [0.2, 0.25) is 0 Å². The summed E-state index contributed by atoms with van der Waals surface area (Å²) in [6, 6.07) is 5.32. The van der Waals surface area contributed by atoms with Crippen molar-refractivity contribution in [1.82, 2.24) is 14.9 Å². The molecule has 25 heavy (non-hydrogen) atoms. The Hall–Kier alpha value is -2.34. The Morgan fingerprint density at radius 1 is 1.20 bits per heavy atom. The average molecular weight is 361 g/mol. The highest BCUT2D eigenvalue weighted by Gasteiger charge is 2.21. The van der Waals surface area contributed by atoms with Crippen LogP contribution < -0.4 is 10.1 Å². The Bertz CT molecular complexity index is 804. The number of nitrogens with one attached hydrogen (secondary N) is 1. The zero-order valence-electron chi connectivity index (χ0n) is 14.6. The molecule has 0 bridgehead atoms. The summed E-state index contributed by atoms with van der Waals surface area (Å²) in [6.45, 7) is 5.26. The summed E-state index contributed by atoms with van der Waals surface area (Å²) in [5.41, 5.74) is 2.06. The van der Waals surface area contributed by atoms with Gasteiger partial charge in [0, 0.05) is 30.2 Å². The third-order valence-corrected chi connectivity index (χ3v) is 4.60. The Labute approximate surface area is 152 Å². The van der Waals surface area contributed by atoms with Gasteiger partial charge in [-0.25, -0.2) is 9.97 Å². The van der Waals surface area contributed by atoms with E-state index >= 15 is 0 Å². The first kappa shape index (κ1) is 17.5. The number of likely N-dealkylation sites (tertiary alicyclic amines) is 1. The fourth-order valence-corrected chi connectivity index (χ4v) is 3.04. The molecule has 1 aromatic carbocycles. The number of carbonyl (C=O) groups is 1. The number of aromatic nitrogens is 2. The summed E-state index contributed by atoms with van der Waals surface area (Å²) < 4.78 is 5.38. The molecular formula is C18H21ClN4O2. The van der Waals surface area contributed by atoms with Gasteiger partial charge in [-0.3, -0.25) is 4.79 Å². The van der Waals surface area contributed by atoms with Crippen molar-refractivity contribution >= 4 is 29.0 Å². The molecule has 2 aromatic rings. The van der Waals surface area contributed by atoms with E-state index in [2.05, 4.69) is 15.3 Å². The quantitative estimate of drug-likeness (QED) is 0.899. The molecule has 1 fully saturated rings. The Kier molecular flexibility index (Phi) is 5.08. The van der Waals surface area contributed by atoms with Gasteiger partial charge in [0.15, 0.2) is 0 Å². The van der Waals surface area contributed by atoms with Gasteiger partial charge in [0.1, 0.15) is 23.1 Å². The molecule has 1 saturated heterocycles. The lowest BCUT2D eigenvalue weighted by molar-refractivity contribution is 0.0786. The summed E-state index contributed by atoms with van der Waals surface area (Å²) in [5.74, 6) is 1.65. The fraction of sp³-hybridized carbons (Fsp3) is 0.389. The summed E-state index contributed by atoms with van der Waals surface area (Å²) in [7, 11) is 1.58. The topological polar surface area (TPSA) is 67.3 Å². The lowest BCUT2D eigenvalue weighted by Gasteiger charge is -2.16. The zero-order chi connectivity index (χ0) is 18.0. The van der Waals surface area contributed by atoms with Crippen LogP contribution in [0.5, 0.6) is 5.75 Å². The van der Waals surface area contributed by atoms with Crippen molar-refractivity contribution in [2.24, 2.45) is 0 Å². The van der Waals surface area contributed by atoms with Gasteiger partial charge in [-0.2, -0.15) is 0 Å². The number of carbonyl (C=O) groups excluding carboxylic acids is 1. The minimum atomic E-state index is -0.0506. The zero-order valence-corrected chi connectivity index (χ0v) is 15.4. The van der Waals surface area contributed by atoms with Crippen molar-refractivity contribution in [1.29, 1.82) is 0 Å². The number of amides is 1. The summed E-state index contributed by atoms with van der Waals surface area (Å²) >= 11 is 6.15. The summed E-state index contributed by atoms with van der Waals surface area (Å²) in [4.78, 5) is 23.1. The van der Waals surface area contributed by atoms with Gasteiger partial charge in [-0.1, -0.05) is 11.6 Å². The van der Waals surface area contributed by atoms with Crippen LogP contribution in [0.2, 0.25) is 5.02 Å². The molecule has 3 rings (SSSR count). The second-order valence-electron chi connectivity index (χ2n) is 6.11. The van der Waals surface area contributed by atoms with E-state index in [4.69, 9.17) is 16.3 Å². The van der Waals surface area contributed by atoms with Crippen LogP contribution in [0, 0.1) is 13.8 Å². The van der Waals surface area contributed by atoms with Crippen molar-refractivity contribution in [3.63, 3.8) is 0 Å². The van der Waals surface area contributed by atoms with Crippen molar-refractivity contribution in [3.05, 3.63) is 40.3 Å². The third kappa shape index (κ3) is 3.85. The lowest BCUT2D eigenvalue weighted by atomic mass is 10.2. The van der Waals surface area contributed by atoms with Gasteiger partial charge in [-0.05, 0) is 38.3 Å². The smallest absolute Gasteiger partial charge is 0.272 e. The van der Waals surface area contributed by atoms with Crippen molar-refractivity contribution < 1.29 is 9.53 Å². The van der Waals surface area contributed by atoms with Crippen LogP contribution in [0.1, 0.15) is 34.7 Å². The molecule has 0 atom stereocenters. The number of hydrogen-bond acceptors (Lipinski definition) is 5. The molecule has 1 amide bonds. The van der Waals surface area contributed by atoms with E-state index in [1.54, 1.807) is 26.2 Å². The molecule has 1 N–H and O–H groups in total. The van der Waals surface area contributed by atoms with Crippen LogP contribution in [0.25, 0.3) is 0 Å². The van der Waals surface area contributed by atoms with Crippen LogP contribution in [-0.2, 0) is 0 Å². The number of methoxy groups -OCH3 is 1. The highest BCUT2D eigenvalue weighted by Crippen LogP contribution is 2.32. The van der Waals surface area contributed by atoms with Crippen molar-refractivity contribution in [2.75, 3.05) is 25.5 Å². The van der Waals surface area contributed by atoms with Crippen LogP contribution in [-0.4, -0.2) is 41.0 Å². The van der Waals surface area contributed by atoms with Gasteiger partial charge >= 0.3 is 0 Å². The predicted octanol–water partition coefficient (Wildman–Crippen LogP) is 3.74. The maximum atomic E-state index is 12.6. The third-order valence-electron chi connectivity index (χ3n) is 4.19. The first-order chi connectivity index (χ1) is 12.0. The number of rotatable bonds is 4. The molecule has 0 aliphatic carbocycles. The maximum absolute atomic E-state index is 12.6. The summed E-state index contributed by atoms with van der Waals surface area (Å²) in [6.07, 6.45) is 2.09. The standard InChI is InChI=1S/C18H21ClN4O2/c1-11-8-14(16(25-3)9-13(11)19)22-17-10-15(20-12(2)21-17)18(24)23-6-4-5-7-23/h8-10H,4-7H2,1-3H3,(H,20,21,22). The minimum absolute atomic E-state index is 0.0506. The first-order valence-electron chi connectivity index (χ1n) is 8.24. The summed E-state index contributed by atoms with van der Waals surface area (Å²) in [5, 5.41) is 3.84. The van der Waals surface area contributed by atoms with E-state index in [1.807, 2.05) is 17.9 Å². The van der Waals surface area contributed by atoms with Gasteiger partial charge in [0.25, 0.3) is 5.91 Å². The van der Waals surface area contributed by atoms with Crippen LogP contribution in [0.15, 0.2) is 18.2 Å². The molecule has 1 aliphatic heterocycles. The highest BCUT2D eigenvalue weighted by molar-refractivity contribution is 6.31. The molecule has 6 nitrogen and oxygen atoms in total. The molecule has 7 heteroatoms. The molecule has 1 aliphatic rings. The van der Waals surface area contributed by atoms with Crippen LogP contribution in [0.3, 0.4) is 0 Å². The molecule has 132 valence electrons. The average Bonchev–Trinajstić information content (AvgIpc) is 3.11. The molecule has 0 spiro atoms. The van der Waals surface area contributed by atoms with Gasteiger partial charge in [-0.15, -0.1) is 0 Å². The fourth-order valence-electron chi connectivity index (χ4n) is 2.89. The Morgan fingerprint density at radius 2 is 1.92 bits per heavy atom. The van der Waals surface area contributed by atoms with E-state index < -0.39 is 0 Å². The second kappa shape index (κ2) is 7.27.